The van der Waals surface area contributed by atoms with Crippen molar-refractivity contribution < 1.29 is 15.0 Å². The molecule has 96 valence electrons. The Labute approximate surface area is 103 Å². The number of nitrogens with two attached hydrogens (primary N) is 1. The highest BCUT2D eigenvalue weighted by molar-refractivity contribution is 5.93. The largest absolute Gasteiger partial charge is 0.390 e. The van der Waals surface area contributed by atoms with Gasteiger partial charge in [-0.3, -0.25) is 10.2 Å². The van der Waals surface area contributed by atoms with Crippen LogP contribution in [0.1, 0.15) is 22.0 Å². The molecule has 0 spiro atoms. The number of benzene rings is 1. The Hall–Kier alpha value is -2.12. The molecular weight excluding hydrogens is 238 g/mol. The van der Waals surface area contributed by atoms with Crippen LogP contribution in [0.3, 0.4) is 0 Å². The molecule has 0 aromatic heterocycles. The van der Waals surface area contributed by atoms with Crippen LogP contribution in [0.15, 0.2) is 29.4 Å². The van der Waals surface area contributed by atoms with E-state index in [1.807, 2.05) is 5.43 Å². The molecule has 1 rings (SSSR count). The van der Waals surface area contributed by atoms with Crippen LogP contribution < -0.4 is 11.3 Å². The van der Waals surface area contributed by atoms with Gasteiger partial charge in [-0.25, -0.2) is 5.84 Å². The van der Waals surface area contributed by atoms with Crippen LogP contribution in [0.4, 0.5) is 0 Å². The maximum absolute atomic E-state index is 11.3. The van der Waals surface area contributed by atoms with Crippen molar-refractivity contribution in [1.82, 2.24) is 5.43 Å². The van der Waals surface area contributed by atoms with Crippen molar-refractivity contribution in [3.63, 3.8) is 0 Å². The van der Waals surface area contributed by atoms with Crippen molar-refractivity contribution in [3.8, 4) is 0 Å². The number of amides is 1. The number of rotatable bonds is 5. The minimum atomic E-state index is -1.25. The molecule has 0 saturated carbocycles. The molecule has 5 N–H and O–H groups in total. The van der Waals surface area contributed by atoms with Crippen molar-refractivity contribution in [2.45, 2.75) is 12.2 Å². The van der Waals surface area contributed by atoms with Gasteiger partial charge in [0.2, 0.25) is 0 Å². The molecule has 8 nitrogen and oxygen atoms in total. The fourth-order valence-corrected chi connectivity index (χ4v) is 1.39. The fraction of sp³-hybridized carbons (Fsp3) is 0.300. The summed E-state index contributed by atoms with van der Waals surface area (Å²) in [6.07, 6.45) is -2.49. The highest BCUT2D eigenvalue weighted by atomic mass is 16.3. The van der Waals surface area contributed by atoms with Gasteiger partial charge in [0.25, 0.3) is 5.91 Å². The van der Waals surface area contributed by atoms with Crippen LogP contribution in [0.25, 0.3) is 10.4 Å². The minimum absolute atomic E-state index is 0.255. The molecular formula is C10H13N5O3. The first-order valence-electron chi connectivity index (χ1n) is 5.08. The monoisotopic (exact) mass is 251 g/mol. The molecule has 0 aliphatic rings. The average molecular weight is 251 g/mol. The second-order valence-corrected chi connectivity index (χ2v) is 3.52. The van der Waals surface area contributed by atoms with E-state index in [-0.39, 0.29) is 12.1 Å². The summed E-state index contributed by atoms with van der Waals surface area (Å²) in [5, 5.41) is 22.5. The van der Waals surface area contributed by atoms with Gasteiger partial charge in [0, 0.05) is 10.5 Å². The average Bonchev–Trinajstić information content (AvgIpc) is 2.43. The predicted molar refractivity (Wildman–Crippen MR) is 63.1 cm³/mol. The Bertz CT molecular complexity index is 472. The van der Waals surface area contributed by atoms with E-state index in [4.69, 9.17) is 11.4 Å². The Morgan fingerprint density at radius 1 is 1.56 bits per heavy atom. The molecule has 0 bridgehead atoms. The Morgan fingerprint density at radius 2 is 2.28 bits per heavy atom. The summed E-state index contributed by atoms with van der Waals surface area (Å²) in [6.45, 7) is -0.259. The third-order valence-corrected chi connectivity index (χ3v) is 2.32. The molecule has 8 heteroatoms. The fourth-order valence-electron chi connectivity index (χ4n) is 1.39. The van der Waals surface area contributed by atoms with Crippen molar-refractivity contribution in [3.05, 3.63) is 45.8 Å². The number of carbonyl (C=O) groups excluding carboxylic acids is 1. The topological polar surface area (TPSA) is 144 Å². The lowest BCUT2D eigenvalue weighted by molar-refractivity contribution is 0.0243. The quantitative estimate of drug-likeness (QED) is 0.146. The zero-order valence-electron chi connectivity index (χ0n) is 9.39. The van der Waals surface area contributed by atoms with Crippen molar-refractivity contribution in [2.75, 3.05) is 6.54 Å². The zero-order chi connectivity index (χ0) is 13.5. The number of azide groups is 1. The van der Waals surface area contributed by atoms with E-state index in [2.05, 4.69) is 10.0 Å². The van der Waals surface area contributed by atoms with Gasteiger partial charge in [-0.15, -0.1) is 0 Å². The van der Waals surface area contributed by atoms with Gasteiger partial charge in [0.1, 0.15) is 6.10 Å². The Morgan fingerprint density at radius 3 is 2.89 bits per heavy atom. The van der Waals surface area contributed by atoms with Gasteiger partial charge in [-0.2, -0.15) is 0 Å². The number of carbonyl (C=O) groups is 1. The van der Waals surface area contributed by atoms with Gasteiger partial charge < -0.3 is 10.2 Å². The summed E-state index contributed by atoms with van der Waals surface area (Å²) in [7, 11) is 0. The van der Waals surface area contributed by atoms with Crippen LogP contribution in [-0.2, 0) is 0 Å². The molecule has 0 radical (unpaired) electrons. The third-order valence-electron chi connectivity index (χ3n) is 2.32. The maximum atomic E-state index is 11.3. The second kappa shape index (κ2) is 6.58. The van der Waals surface area contributed by atoms with Gasteiger partial charge in [0.15, 0.2) is 0 Å². The lowest BCUT2D eigenvalue weighted by Crippen LogP contribution is -2.30. The van der Waals surface area contributed by atoms with Gasteiger partial charge in [-0.05, 0) is 23.2 Å². The highest BCUT2D eigenvalue weighted by Crippen LogP contribution is 2.18. The summed E-state index contributed by atoms with van der Waals surface area (Å²) in [5.74, 6) is 4.48. The first kappa shape index (κ1) is 13.9. The number of nitrogen functional groups attached to an aromatic ring is 1. The van der Waals surface area contributed by atoms with E-state index in [1.54, 1.807) is 6.07 Å². The van der Waals surface area contributed by atoms with E-state index in [1.165, 1.54) is 18.2 Å². The molecule has 1 amide bonds. The normalized spacial score (nSPS) is 13.3. The van der Waals surface area contributed by atoms with Gasteiger partial charge >= 0.3 is 0 Å². The smallest absolute Gasteiger partial charge is 0.265 e. The standard InChI is InChI=1S/C10H13N5O3/c11-14-10(18)7-3-1-2-6(4-7)9(17)8(16)5-13-15-12/h1-4,8-9,16-17H,5,11H2,(H,14,18). The summed E-state index contributed by atoms with van der Waals surface area (Å²) < 4.78 is 0. The molecule has 0 aliphatic carbocycles. The summed E-state index contributed by atoms with van der Waals surface area (Å²) in [6, 6.07) is 5.99. The number of aliphatic hydroxyl groups excluding tert-OH is 2. The Balaban J connectivity index is 2.88. The SMILES string of the molecule is [N-]=[N+]=NCC(O)C(O)c1cccc(C(=O)NN)c1. The van der Waals surface area contributed by atoms with Gasteiger partial charge in [0.05, 0.1) is 12.6 Å². The second-order valence-electron chi connectivity index (χ2n) is 3.52. The van der Waals surface area contributed by atoms with Crippen LogP contribution in [0.2, 0.25) is 0 Å². The highest BCUT2D eigenvalue weighted by Gasteiger charge is 2.18. The van der Waals surface area contributed by atoms with Crippen LogP contribution in [-0.4, -0.2) is 28.8 Å². The maximum Gasteiger partial charge on any atom is 0.265 e. The van der Waals surface area contributed by atoms with E-state index in [9.17, 15) is 15.0 Å². The lowest BCUT2D eigenvalue weighted by atomic mass is 10.0. The first-order chi connectivity index (χ1) is 8.60. The van der Waals surface area contributed by atoms with Crippen LogP contribution in [0.5, 0.6) is 0 Å². The number of aliphatic hydroxyl groups is 2. The summed E-state index contributed by atoms with van der Waals surface area (Å²) >= 11 is 0. The molecule has 1 aromatic carbocycles. The molecule has 18 heavy (non-hydrogen) atoms. The number of nitrogens with one attached hydrogen (secondary N) is 1. The van der Waals surface area contributed by atoms with Crippen LogP contribution in [0, 0.1) is 0 Å². The molecule has 2 atom stereocenters. The van der Waals surface area contributed by atoms with E-state index in [0.717, 1.165) is 0 Å². The van der Waals surface area contributed by atoms with Crippen molar-refractivity contribution in [1.29, 1.82) is 0 Å². The summed E-state index contributed by atoms with van der Waals surface area (Å²) in [4.78, 5) is 13.8. The summed E-state index contributed by atoms with van der Waals surface area (Å²) in [5.41, 5.74) is 10.7. The van der Waals surface area contributed by atoms with Crippen molar-refractivity contribution in [2.24, 2.45) is 11.0 Å². The minimum Gasteiger partial charge on any atom is -0.390 e. The number of hydrogen-bond acceptors (Lipinski definition) is 5. The van der Waals surface area contributed by atoms with Gasteiger partial charge in [-0.1, -0.05) is 17.2 Å². The first-order valence-corrected chi connectivity index (χ1v) is 5.08. The molecule has 1 aromatic rings. The Kier molecular flexibility index (Phi) is 5.09. The number of hydrogen-bond donors (Lipinski definition) is 4. The number of nitrogens with zero attached hydrogens (tertiary/aromatic N) is 3. The molecule has 0 saturated heterocycles. The third kappa shape index (κ3) is 3.44. The van der Waals surface area contributed by atoms with E-state index < -0.39 is 18.1 Å². The van der Waals surface area contributed by atoms with Crippen LogP contribution >= 0.6 is 0 Å². The lowest BCUT2D eigenvalue weighted by Gasteiger charge is -2.16. The molecule has 0 heterocycles. The molecule has 0 aliphatic heterocycles. The number of hydrazine groups is 1. The van der Waals surface area contributed by atoms with E-state index in [0.29, 0.717) is 5.56 Å². The molecule has 0 fully saturated rings. The predicted octanol–water partition coefficient (Wildman–Crippen LogP) is -0.00530. The van der Waals surface area contributed by atoms with E-state index >= 15 is 0 Å². The van der Waals surface area contributed by atoms with Crippen molar-refractivity contribution >= 4 is 5.91 Å². The molecule has 2 unspecified atom stereocenters. The zero-order valence-corrected chi connectivity index (χ0v) is 9.39.